The molecule has 33 heavy (non-hydrogen) atoms. The van der Waals surface area contributed by atoms with Crippen molar-refractivity contribution in [2.45, 2.75) is 19.8 Å². The highest BCUT2D eigenvalue weighted by Crippen LogP contribution is 2.32. The highest BCUT2D eigenvalue weighted by molar-refractivity contribution is 5.94. The topological polar surface area (TPSA) is 65.7 Å². The molecule has 5 aromatic rings. The van der Waals surface area contributed by atoms with Crippen LogP contribution in [0.15, 0.2) is 60.8 Å². The van der Waals surface area contributed by atoms with E-state index in [4.69, 9.17) is 26.1 Å². The van der Waals surface area contributed by atoms with Gasteiger partial charge < -0.3 is 9.30 Å². The second-order valence-electron chi connectivity index (χ2n) is 8.18. The lowest BCUT2D eigenvalue weighted by Crippen LogP contribution is -2.01. The zero-order valence-corrected chi connectivity index (χ0v) is 18.8. The number of hydrogen-bond donors (Lipinski definition) is 0. The van der Waals surface area contributed by atoms with Gasteiger partial charge in [-0.1, -0.05) is 44.0 Å². The fourth-order valence-corrected chi connectivity index (χ4v) is 3.89. The molecule has 3 heterocycles. The van der Waals surface area contributed by atoms with Crippen LogP contribution in [0, 0.1) is 12.3 Å². The Morgan fingerprint density at radius 1 is 1.03 bits per heavy atom. The van der Waals surface area contributed by atoms with Gasteiger partial charge in [0.05, 0.1) is 16.7 Å². The second kappa shape index (κ2) is 8.36. The maximum Gasteiger partial charge on any atom is 0.197 e. The molecule has 0 bridgehead atoms. The Kier molecular flexibility index (Phi) is 5.23. The SMILES string of the molecule is C#CCOc1ccc2nc(-c3nc4ncccc4n3C)nc(-c3ccc(C(C)C)cc3)c2c1. The molecule has 3 aromatic heterocycles. The average Bonchev–Trinajstić information content (AvgIpc) is 3.18. The van der Waals surface area contributed by atoms with Crippen LogP contribution in [0.1, 0.15) is 25.3 Å². The molecular formula is C27H23N5O. The van der Waals surface area contributed by atoms with Crippen LogP contribution in [0.5, 0.6) is 5.75 Å². The predicted octanol–water partition coefficient (Wildman–Crippen LogP) is 5.38. The molecule has 0 aliphatic carbocycles. The van der Waals surface area contributed by atoms with E-state index in [1.807, 2.05) is 41.9 Å². The predicted molar refractivity (Wildman–Crippen MR) is 131 cm³/mol. The lowest BCUT2D eigenvalue weighted by Gasteiger charge is -2.12. The van der Waals surface area contributed by atoms with E-state index in [9.17, 15) is 0 Å². The largest absolute Gasteiger partial charge is 0.481 e. The lowest BCUT2D eigenvalue weighted by atomic mass is 9.99. The molecule has 0 unspecified atom stereocenters. The summed E-state index contributed by atoms with van der Waals surface area (Å²) in [5.41, 5.74) is 5.49. The van der Waals surface area contributed by atoms with Gasteiger partial charge in [-0.3, -0.25) is 0 Å². The van der Waals surface area contributed by atoms with Crippen molar-refractivity contribution in [3.63, 3.8) is 0 Å². The highest BCUT2D eigenvalue weighted by Gasteiger charge is 2.17. The van der Waals surface area contributed by atoms with Crippen molar-refractivity contribution in [3.8, 4) is 41.0 Å². The summed E-state index contributed by atoms with van der Waals surface area (Å²) in [5.74, 6) is 4.85. The van der Waals surface area contributed by atoms with Crippen LogP contribution in [-0.2, 0) is 7.05 Å². The molecule has 162 valence electrons. The summed E-state index contributed by atoms with van der Waals surface area (Å²) in [7, 11) is 1.95. The number of pyridine rings is 1. The molecule has 0 aliphatic heterocycles. The van der Waals surface area contributed by atoms with E-state index in [1.165, 1.54) is 5.56 Å². The number of fused-ring (bicyclic) bond motifs is 2. The van der Waals surface area contributed by atoms with Crippen molar-refractivity contribution in [1.82, 2.24) is 24.5 Å². The first-order chi connectivity index (χ1) is 16.0. The second-order valence-corrected chi connectivity index (χ2v) is 8.18. The molecule has 6 heteroatoms. The maximum atomic E-state index is 5.66. The molecular weight excluding hydrogens is 410 g/mol. The summed E-state index contributed by atoms with van der Waals surface area (Å²) in [6.07, 6.45) is 7.10. The summed E-state index contributed by atoms with van der Waals surface area (Å²) in [4.78, 5) is 18.9. The minimum absolute atomic E-state index is 0.204. The van der Waals surface area contributed by atoms with Gasteiger partial charge in [0.1, 0.15) is 12.4 Å². The number of terminal acetylenes is 1. The van der Waals surface area contributed by atoms with Crippen molar-refractivity contribution < 1.29 is 4.74 Å². The van der Waals surface area contributed by atoms with Gasteiger partial charge in [0, 0.05) is 24.2 Å². The number of imidazole rings is 1. The number of nitrogens with zero attached hydrogens (tertiary/aromatic N) is 5. The Bertz CT molecular complexity index is 1510. The first-order valence-corrected chi connectivity index (χ1v) is 10.8. The normalized spacial score (nSPS) is 11.2. The molecule has 0 spiro atoms. The van der Waals surface area contributed by atoms with Crippen LogP contribution < -0.4 is 4.74 Å². The van der Waals surface area contributed by atoms with E-state index in [2.05, 4.69) is 49.0 Å². The van der Waals surface area contributed by atoms with Crippen molar-refractivity contribution in [3.05, 3.63) is 66.4 Å². The van der Waals surface area contributed by atoms with Gasteiger partial charge in [-0.05, 0) is 41.8 Å². The Morgan fingerprint density at radius 2 is 1.85 bits per heavy atom. The summed E-state index contributed by atoms with van der Waals surface area (Å²) in [6.45, 7) is 4.57. The molecule has 0 fully saturated rings. The van der Waals surface area contributed by atoms with Gasteiger partial charge in [-0.15, -0.1) is 6.42 Å². The van der Waals surface area contributed by atoms with Crippen LogP contribution >= 0.6 is 0 Å². The van der Waals surface area contributed by atoms with E-state index < -0.39 is 0 Å². The standard InChI is InChI=1S/C27H23N5O/c1-5-15-33-20-12-13-22-21(16-20)24(19-10-8-18(9-11-19)17(2)3)30-26(29-22)27-31-25-23(32(27)4)7-6-14-28-25/h1,6-14,16-17H,15H2,2-4H3. The van der Waals surface area contributed by atoms with E-state index in [1.54, 1.807) is 6.20 Å². The molecule has 0 saturated heterocycles. The fourth-order valence-electron chi connectivity index (χ4n) is 3.89. The minimum atomic E-state index is 0.204. The summed E-state index contributed by atoms with van der Waals surface area (Å²) < 4.78 is 7.63. The molecule has 5 rings (SSSR count). The molecule has 6 nitrogen and oxygen atoms in total. The third-order valence-electron chi connectivity index (χ3n) is 5.70. The van der Waals surface area contributed by atoms with Crippen molar-refractivity contribution >= 4 is 22.1 Å². The highest BCUT2D eigenvalue weighted by atomic mass is 16.5. The van der Waals surface area contributed by atoms with Crippen LogP contribution in [-0.4, -0.2) is 31.1 Å². The Morgan fingerprint density at radius 3 is 2.58 bits per heavy atom. The minimum Gasteiger partial charge on any atom is -0.481 e. The van der Waals surface area contributed by atoms with Crippen LogP contribution in [0.25, 0.3) is 45.0 Å². The van der Waals surface area contributed by atoms with E-state index >= 15 is 0 Å². The van der Waals surface area contributed by atoms with Gasteiger partial charge in [-0.2, -0.15) is 0 Å². The molecule has 0 aliphatic rings. The van der Waals surface area contributed by atoms with Gasteiger partial charge in [0.15, 0.2) is 17.3 Å². The van der Waals surface area contributed by atoms with Crippen LogP contribution in [0.3, 0.4) is 0 Å². The third-order valence-corrected chi connectivity index (χ3v) is 5.70. The van der Waals surface area contributed by atoms with E-state index in [-0.39, 0.29) is 6.61 Å². The van der Waals surface area contributed by atoms with E-state index in [0.717, 1.165) is 27.7 Å². The van der Waals surface area contributed by atoms with E-state index in [0.29, 0.717) is 29.0 Å². The third kappa shape index (κ3) is 3.79. The number of aryl methyl sites for hydroxylation is 1. The lowest BCUT2D eigenvalue weighted by molar-refractivity contribution is 0.371. The summed E-state index contributed by atoms with van der Waals surface area (Å²) in [5, 5.41) is 0.891. The van der Waals surface area contributed by atoms with Crippen molar-refractivity contribution in [2.75, 3.05) is 6.61 Å². The monoisotopic (exact) mass is 433 g/mol. The van der Waals surface area contributed by atoms with Gasteiger partial charge in [0.2, 0.25) is 0 Å². The molecule has 0 saturated carbocycles. The van der Waals surface area contributed by atoms with Gasteiger partial charge in [0.25, 0.3) is 0 Å². The molecule has 0 radical (unpaired) electrons. The van der Waals surface area contributed by atoms with Crippen molar-refractivity contribution in [2.24, 2.45) is 7.05 Å². The number of ether oxygens (including phenoxy) is 1. The van der Waals surface area contributed by atoms with Crippen LogP contribution in [0.4, 0.5) is 0 Å². The zero-order chi connectivity index (χ0) is 22.9. The van der Waals surface area contributed by atoms with Crippen LogP contribution in [0.2, 0.25) is 0 Å². The maximum absolute atomic E-state index is 5.66. The average molecular weight is 434 g/mol. The first kappa shape index (κ1) is 20.7. The molecule has 0 N–H and O–H groups in total. The molecule has 0 amide bonds. The number of hydrogen-bond acceptors (Lipinski definition) is 5. The summed E-state index contributed by atoms with van der Waals surface area (Å²) >= 11 is 0. The molecule has 2 aromatic carbocycles. The first-order valence-electron chi connectivity index (χ1n) is 10.8. The van der Waals surface area contributed by atoms with Gasteiger partial charge >= 0.3 is 0 Å². The Labute approximate surface area is 192 Å². The number of rotatable bonds is 5. The van der Waals surface area contributed by atoms with Crippen molar-refractivity contribution in [1.29, 1.82) is 0 Å². The fraction of sp³-hybridized carbons (Fsp3) is 0.185. The quantitative estimate of drug-likeness (QED) is 0.348. The smallest absolute Gasteiger partial charge is 0.197 e. The Hall–Kier alpha value is -4.24. The molecule has 0 atom stereocenters. The summed E-state index contributed by atoms with van der Waals surface area (Å²) in [6, 6.07) is 18.1. The number of benzene rings is 2. The zero-order valence-electron chi connectivity index (χ0n) is 18.8. The number of aromatic nitrogens is 5. The van der Waals surface area contributed by atoms with Gasteiger partial charge in [-0.25, -0.2) is 19.9 Å². The Balaban J connectivity index is 1.73.